The van der Waals surface area contributed by atoms with Crippen LogP contribution in [0.1, 0.15) is 36.6 Å². The van der Waals surface area contributed by atoms with Crippen molar-refractivity contribution in [1.29, 1.82) is 0 Å². The van der Waals surface area contributed by atoms with Crippen LogP contribution in [-0.2, 0) is 16.1 Å². The van der Waals surface area contributed by atoms with Gasteiger partial charge in [0.2, 0.25) is 0 Å². The maximum absolute atomic E-state index is 13.5. The van der Waals surface area contributed by atoms with Gasteiger partial charge in [0.25, 0.3) is 11.7 Å². The van der Waals surface area contributed by atoms with E-state index in [0.717, 1.165) is 22.1 Å². The first-order chi connectivity index (χ1) is 18.4. The Morgan fingerprint density at radius 3 is 2.21 bits per heavy atom. The predicted octanol–water partition coefficient (Wildman–Crippen LogP) is 6.26. The number of likely N-dealkylation sites (tertiary alicyclic amines) is 1. The fraction of sp³-hybridized carbons (Fsp3) is 0.188. The van der Waals surface area contributed by atoms with Crippen LogP contribution in [0.5, 0.6) is 11.5 Å². The van der Waals surface area contributed by atoms with Crippen molar-refractivity contribution < 1.29 is 24.2 Å². The van der Waals surface area contributed by atoms with Crippen LogP contribution in [0.4, 0.5) is 0 Å². The quantitative estimate of drug-likeness (QED) is 0.182. The van der Waals surface area contributed by atoms with Gasteiger partial charge in [-0.15, -0.1) is 0 Å². The molecule has 1 unspecified atom stereocenters. The fourth-order valence-corrected chi connectivity index (χ4v) is 4.90. The van der Waals surface area contributed by atoms with Gasteiger partial charge in [-0.1, -0.05) is 66.7 Å². The zero-order valence-electron chi connectivity index (χ0n) is 21.5. The molecule has 1 aliphatic heterocycles. The number of carbonyl (C=O) groups is 2. The van der Waals surface area contributed by atoms with Gasteiger partial charge in [-0.25, -0.2) is 0 Å². The Kier molecular flexibility index (Phi) is 6.88. The fourth-order valence-electron chi connectivity index (χ4n) is 4.90. The normalized spacial score (nSPS) is 16.8. The third-order valence-electron chi connectivity index (χ3n) is 6.66. The first kappa shape index (κ1) is 25.1. The molecule has 5 rings (SSSR count). The largest absolute Gasteiger partial charge is 0.507 e. The van der Waals surface area contributed by atoms with Gasteiger partial charge >= 0.3 is 0 Å². The molecule has 6 heteroatoms. The van der Waals surface area contributed by atoms with Crippen LogP contribution in [0.15, 0.2) is 96.6 Å². The number of carbonyl (C=O) groups excluding carboxylic acids is 2. The average Bonchev–Trinajstić information content (AvgIpc) is 3.18. The molecule has 0 radical (unpaired) electrons. The topological polar surface area (TPSA) is 76.1 Å². The van der Waals surface area contributed by atoms with Crippen LogP contribution in [0, 0.1) is 0 Å². The van der Waals surface area contributed by atoms with E-state index in [1.54, 1.807) is 25.3 Å². The molecule has 1 heterocycles. The van der Waals surface area contributed by atoms with Gasteiger partial charge in [-0.05, 0) is 60.0 Å². The van der Waals surface area contributed by atoms with Crippen molar-refractivity contribution in [1.82, 2.24) is 4.90 Å². The summed E-state index contributed by atoms with van der Waals surface area (Å²) in [5.41, 5.74) is 2.12. The number of fused-ring (bicyclic) bond motifs is 1. The van der Waals surface area contributed by atoms with Crippen LogP contribution in [0.3, 0.4) is 0 Å². The van der Waals surface area contributed by atoms with Crippen LogP contribution in [0.25, 0.3) is 16.5 Å². The van der Waals surface area contributed by atoms with E-state index in [1.807, 2.05) is 86.6 Å². The van der Waals surface area contributed by atoms with E-state index >= 15 is 0 Å². The third-order valence-corrected chi connectivity index (χ3v) is 6.66. The van der Waals surface area contributed by atoms with E-state index in [-0.39, 0.29) is 24.0 Å². The minimum atomic E-state index is -0.772. The molecule has 6 nitrogen and oxygen atoms in total. The Hall–Kier alpha value is -4.58. The van der Waals surface area contributed by atoms with Gasteiger partial charge in [-0.2, -0.15) is 0 Å². The maximum atomic E-state index is 13.5. The molecular formula is C32H29NO5. The molecule has 0 aromatic heterocycles. The molecule has 192 valence electrons. The summed E-state index contributed by atoms with van der Waals surface area (Å²) in [5.74, 6) is -0.177. The number of hydrogen-bond donors (Lipinski definition) is 1. The number of hydrogen-bond acceptors (Lipinski definition) is 5. The Morgan fingerprint density at radius 1 is 0.868 bits per heavy atom. The highest BCUT2D eigenvalue weighted by Gasteiger charge is 2.46. The Labute approximate surface area is 221 Å². The lowest BCUT2D eigenvalue weighted by Gasteiger charge is -2.26. The smallest absolute Gasteiger partial charge is 0.295 e. The maximum Gasteiger partial charge on any atom is 0.295 e. The van der Waals surface area contributed by atoms with Crippen LogP contribution >= 0.6 is 0 Å². The molecule has 1 fully saturated rings. The monoisotopic (exact) mass is 507 g/mol. The second-order valence-electron chi connectivity index (χ2n) is 9.54. The lowest BCUT2D eigenvalue weighted by molar-refractivity contribution is -0.140. The van der Waals surface area contributed by atoms with Crippen LogP contribution in [-0.4, -0.2) is 34.9 Å². The molecule has 1 amide bonds. The minimum absolute atomic E-state index is 0.0443. The van der Waals surface area contributed by atoms with Crippen molar-refractivity contribution in [3.63, 3.8) is 0 Å². The third kappa shape index (κ3) is 4.73. The molecule has 38 heavy (non-hydrogen) atoms. The van der Waals surface area contributed by atoms with E-state index in [9.17, 15) is 14.7 Å². The van der Waals surface area contributed by atoms with Crippen LogP contribution in [0.2, 0.25) is 0 Å². The van der Waals surface area contributed by atoms with E-state index < -0.39 is 17.7 Å². The minimum Gasteiger partial charge on any atom is -0.507 e. The first-order valence-corrected chi connectivity index (χ1v) is 12.5. The number of aliphatic hydroxyl groups is 1. The first-order valence-electron chi connectivity index (χ1n) is 12.5. The zero-order chi connectivity index (χ0) is 26.8. The number of methoxy groups -OCH3 is 1. The molecule has 0 spiro atoms. The molecule has 1 saturated heterocycles. The van der Waals surface area contributed by atoms with Crippen molar-refractivity contribution in [2.24, 2.45) is 0 Å². The van der Waals surface area contributed by atoms with E-state index in [1.165, 1.54) is 4.90 Å². The Bertz CT molecular complexity index is 1510. The van der Waals surface area contributed by atoms with Crippen molar-refractivity contribution >= 4 is 28.2 Å². The lowest BCUT2D eigenvalue weighted by Crippen LogP contribution is -2.29. The Balaban J connectivity index is 1.62. The van der Waals surface area contributed by atoms with Gasteiger partial charge in [0.15, 0.2) is 0 Å². The standard InChI is InChI=1S/C32H29NO5/c1-20(2)38-25-15-11-21(12-16-25)19-33-29(23-13-17-24(37-3)18-14-23)28(31(35)32(33)36)30(34)27-10-6-8-22-7-4-5-9-26(22)27/h4-18,20,29,34H,19H2,1-3H3/b30-28-. The van der Waals surface area contributed by atoms with Gasteiger partial charge in [-0.3, -0.25) is 9.59 Å². The van der Waals surface area contributed by atoms with Gasteiger partial charge in [0.05, 0.1) is 24.8 Å². The highest BCUT2D eigenvalue weighted by atomic mass is 16.5. The zero-order valence-corrected chi connectivity index (χ0v) is 21.5. The second kappa shape index (κ2) is 10.4. The average molecular weight is 508 g/mol. The van der Waals surface area contributed by atoms with Gasteiger partial charge in [0.1, 0.15) is 17.3 Å². The molecule has 4 aromatic rings. The molecule has 0 bridgehead atoms. The van der Waals surface area contributed by atoms with Crippen molar-refractivity contribution in [2.75, 3.05) is 7.11 Å². The second-order valence-corrected chi connectivity index (χ2v) is 9.54. The van der Waals surface area contributed by atoms with Crippen molar-refractivity contribution in [2.45, 2.75) is 32.5 Å². The predicted molar refractivity (Wildman–Crippen MR) is 147 cm³/mol. The SMILES string of the molecule is COc1ccc(C2/C(=C(/O)c3cccc4ccccc34)C(=O)C(=O)N2Cc2ccc(OC(C)C)cc2)cc1. The summed E-state index contributed by atoms with van der Waals surface area (Å²) in [7, 11) is 1.58. The summed E-state index contributed by atoms with van der Waals surface area (Å²) in [6.45, 7) is 4.10. The number of nitrogens with zero attached hydrogens (tertiary/aromatic N) is 1. The number of amides is 1. The molecule has 1 aliphatic rings. The van der Waals surface area contributed by atoms with E-state index in [4.69, 9.17) is 9.47 Å². The summed E-state index contributed by atoms with van der Waals surface area (Å²) in [5, 5.41) is 13.3. The highest BCUT2D eigenvalue weighted by molar-refractivity contribution is 6.46. The summed E-state index contributed by atoms with van der Waals surface area (Å²) in [6, 6.07) is 27.1. The molecule has 1 atom stereocenters. The molecular weight excluding hydrogens is 478 g/mol. The summed E-state index contributed by atoms with van der Waals surface area (Å²) >= 11 is 0. The summed E-state index contributed by atoms with van der Waals surface area (Å²) in [4.78, 5) is 28.4. The molecule has 4 aromatic carbocycles. The number of Topliss-reactive ketones (excluding diaryl/α,β-unsaturated/α-hetero) is 1. The summed E-state index contributed by atoms with van der Waals surface area (Å²) < 4.78 is 11.0. The van der Waals surface area contributed by atoms with E-state index in [2.05, 4.69) is 0 Å². The van der Waals surface area contributed by atoms with Crippen molar-refractivity contribution in [3.05, 3.63) is 113 Å². The number of ether oxygens (including phenoxy) is 2. The lowest BCUT2D eigenvalue weighted by atomic mass is 9.93. The number of rotatable bonds is 7. The number of aliphatic hydroxyl groups excluding tert-OH is 1. The van der Waals surface area contributed by atoms with Crippen LogP contribution < -0.4 is 9.47 Å². The Morgan fingerprint density at radius 2 is 1.53 bits per heavy atom. The van der Waals surface area contributed by atoms with Gasteiger partial charge < -0.3 is 19.5 Å². The van der Waals surface area contributed by atoms with E-state index in [0.29, 0.717) is 16.9 Å². The summed E-state index contributed by atoms with van der Waals surface area (Å²) in [6.07, 6.45) is 0.0443. The molecule has 0 aliphatic carbocycles. The van der Waals surface area contributed by atoms with Crippen molar-refractivity contribution in [3.8, 4) is 11.5 Å². The van der Waals surface area contributed by atoms with Gasteiger partial charge in [0, 0.05) is 12.1 Å². The molecule has 1 N–H and O–H groups in total. The highest BCUT2D eigenvalue weighted by Crippen LogP contribution is 2.41. The molecule has 0 saturated carbocycles. The number of ketones is 1. The number of benzene rings is 4.